The smallest absolute Gasteiger partial charge is 0.407 e. The first-order chi connectivity index (χ1) is 6.70. The van der Waals surface area contributed by atoms with Crippen LogP contribution >= 0.6 is 0 Å². The molecule has 1 aliphatic heterocycles. The molecule has 5 nitrogen and oxygen atoms in total. The molecule has 2 aliphatic rings. The first-order valence-electron chi connectivity index (χ1n) is 5.11. The van der Waals surface area contributed by atoms with Gasteiger partial charge in [-0.2, -0.15) is 0 Å². The Bertz CT molecular complexity index is 234. The maximum atomic E-state index is 10.9. The molecule has 0 radical (unpaired) electrons. The van der Waals surface area contributed by atoms with Crippen LogP contribution in [0, 0.1) is 0 Å². The van der Waals surface area contributed by atoms with Crippen molar-refractivity contribution < 1.29 is 15.0 Å². The second-order valence-corrected chi connectivity index (χ2v) is 4.02. The molecule has 3 atom stereocenters. The largest absolute Gasteiger partial charge is 0.465 e. The van der Waals surface area contributed by atoms with Gasteiger partial charge in [0.25, 0.3) is 0 Å². The highest BCUT2D eigenvalue weighted by Crippen LogP contribution is 2.25. The maximum absolute atomic E-state index is 10.9. The zero-order valence-corrected chi connectivity index (χ0v) is 8.02. The van der Waals surface area contributed by atoms with Crippen molar-refractivity contribution in [2.45, 2.75) is 37.5 Å². The van der Waals surface area contributed by atoms with Crippen LogP contribution in [0.25, 0.3) is 0 Å². The lowest BCUT2D eigenvalue weighted by molar-refractivity contribution is 0.00805. The zero-order valence-electron chi connectivity index (χ0n) is 8.02. The minimum Gasteiger partial charge on any atom is -0.465 e. The number of carbonyl (C=O) groups is 1. The molecule has 2 fully saturated rings. The van der Waals surface area contributed by atoms with Crippen LogP contribution in [0.15, 0.2) is 0 Å². The molecule has 1 saturated carbocycles. The molecule has 1 aliphatic carbocycles. The lowest BCUT2D eigenvalue weighted by atomic mass is 9.85. The van der Waals surface area contributed by atoms with Crippen LogP contribution in [-0.2, 0) is 0 Å². The summed E-state index contributed by atoms with van der Waals surface area (Å²) in [5, 5.41) is 21.9. The quantitative estimate of drug-likeness (QED) is 0.508. The second kappa shape index (κ2) is 3.74. The van der Waals surface area contributed by atoms with Gasteiger partial charge in [-0.3, -0.25) is 0 Å². The van der Waals surface area contributed by atoms with E-state index in [1.165, 1.54) is 4.90 Å². The van der Waals surface area contributed by atoms with E-state index in [0.717, 1.165) is 19.3 Å². The van der Waals surface area contributed by atoms with Crippen LogP contribution in [0.3, 0.4) is 0 Å². The number of aliphatic hydroxyl groups excluding tert-OH is 1. The number of fused-ring (bicyclic) bond motifs is 1. The monoisotopic (exact) mass is 200 g/mol. The van der Waals surface area contributed by atoms with Crippen LogP contribution in [0.1, 0.15) is 19.3 Å². The summed E-state index contributed by atoms with van der Waals surface area (Å²) >= 11 is 0. The van der Waals surface area contributed by atoms with Gasteiger partial charge in [0, 0.05) is 13.1 Å². The second-order valence-electron chi connectivity index (χ2n) is 4.02. The van der Waals surface area contributed by atoms with E-state index in [1.807, 2.05) is 0 Å². The van der Waals surface area contributed by atoms with Gasteiger partial charge in [-0.1, -0.05) is 0 Å². The van der Waals surface area contributed by atoms with Crippen molar-refractivity contribution in [3.05, 3.63) is 0 Å². The van der Waals surface area contributed by atoms with E-state index >= 15 is 0 Å². The van der Waals surface area contributed by atoms with E-state index in [2.05, 4.69) is 5.32 Å². The number of amides is 1. The fourth-order valence-corrected chi connectivity index (χ4v) is 2.53. The Labute approximate surface area is 82.7 Å². The van der Waals surface area contributed by atoms with Crippen LogP contribution in [0.4, 0.5) is 4.79 Å². The van der Waals surface area contributed by atoms with Gasteiger partial charge in [0.15, 0.2) is 0 Å². The number of hydrogen-bond donors (Lipinski definition) is 3. The summed E-state index contributed by atoms with van der Waals surface area (Å²) < 4.78 is 0. The predicted octanol–water partition coefficient (Wildman–Crippen LogP) is -0.148. The molecule has 0 aromatic carbocycles. The molecule has 80 valence electrons. The van der Waals surface area contributed by atoms with Crippen molar-refractivity contribution in [3.8, 4) is 0 Å². The van der Waals surface area contributed by atoms with E-state index in [9.17, 15) is 9.90 Å². The normalized spacial score (nSPS) is 37.8. The van der Waals surface area contributed by atoms with Gasteiger partial charge >= 0.3 is 6.09 Å². The van der Waals surface area contributed by atoms with E-state index in [-0.39, 0.29) is 12.1 Å². The van der Waals surface area contributed by atoms with Crippen LogP contribution < -0.4 is 5.32 Å². The lowest BCUT2D eigenvalue weighted by Crippen LogP contribution is -2.64. The third-order valence-corrected chi connectivity index (χ3v) is 3.21. The minimum atomic E-state index is -0.865. The van der Waals surface area contributed by atoms with Gasteiger partial charge in [0.2, 0.25) is 0 Å². The number of nitrogens with zero attached hydrogens (tertiary/aromatic N) is 1. The molecule has 14 heavy (non-hydrogen) atoms. The van der Waals surface area contributed by atoms with E-state index in [4.69, 9.17) is 5.11 Å². The van der Waals surface area contributed by atoms with Crippen LogP contribution in [0.5, 0.6) is 0 Å². The number of aliphatic hydroxyl groups is 1. The van der Waals surface area contributed by atoms with Gasteiger partial charge in [-0.05, 0) is 19.3 Å². The average molecular weight is 200 g/mol. The molecule has 5 heteroatoms. The Hall–Kier alpha value is -0.810. The van der Waals surface area contributed by atoms with Crippen LogP contribution in [0.2, 0.25) is 0 Å². The molecule has 0 unspecified atom stereocenters. The Morgan fingerprint density at radius 1 is 1.43 bits per heavy atom. The number of nitrogens with one attached hydrogen (secondary N) is 1. The standard InChI is InChI=1S/C9H16N2O3/c12-7-3-1-2-6-8(7)10-4-5-11(6)9(13)14/h6-8,10,12H,1-5H2,(H,13,14)/t6-,7+,8-/m0/s1. The Kier molecular flexibility index (Phi) is 2.60. The summed E-state index contributed by atoms with van der Waals surface area (Å²) in [6.07, 6.45) is 1.29. The van der Waals surface area contributed by atoms with Crippen molar-refractivity contribution in [1.29, 1.82) is 0 Å². The summed E-state index contributed by atoms with van der Waals surface area (Å²) in [5.41, 5.74) is 0. The third kappa shape index (κ3) is 1.57. The van der Waals surface area contributed by atoms with E-state index in [0.29, 0.717) is 13.1 Å². The predicted molar refractivity (Wildman–Crippen MR) is 50.2 cm³/mol. The van der Waals surface area contributed by atoms with Crippen molar-refractivity contribution in [3.63, 3.8) is 0 Å². The number of rotatable bonds is 0. The number of hydrogen-bond acceptors (Lipinski definition) is 3. The molecular weight excluding hydrogens is 184 g/mol. The Balaban J connectivity index is 2.11. The van der Waals surface area contributed by atoms with Crippen molar-refractivity contribution >= 4 is 6.09 Å². The third-order valence-electron chi connectivity index (χ3n) is 3.21. The van der Waals surface area contributed by atoms with Gasteiger partial charge in [-0.15, -0.1) is 0 Å². The summed E-state index contributed by atoms with van der Waals surface area (Å²) in [5.74, 6) is 0. The zero-order chi connectivity index (χ0) is 10.1. The molecule has 0 aromatic rings. The van der Waals surface area contributed by atoms with Gasteiger partial charge < -0.3 is 20.4 Å². The summed E-state index contributed by atoms with van der Waals surface area (Å²) in [4.78, 5) is 12.4. The Morgan fingerprint density at radius 2 is 2.21 bits per heavy atom. The van der Waals surface area contributed by atoms with E-state index < -0.39 is 12.2 Å². The highest BCUT2D eigenvalue weighted by Gasteiger charge is 2.39. The molecule has 2 rings (SSSR count). The first kappa shape index (κ1) is 9.73. The molecule has 1 saturated heterocycles. The Morgan fingerprint density at radius 3 is 2.93 bits per heavy atom. The summed E-state index contributed by atoms with van der Waals surface area (Å²) in [7, 11) is 0. The van der Waals surface area contributed by atoms with Crippen molar-refractivity contribution in [1.82, 2.24) is 10.2 Å². The maximum Gasteiger partial charge on any atom is 0.407 e. The molecular formula is C9H16N2O3. The SMILES string of the molecule is O=C(O)N1CCN[C@@H]2[C@H](O)CCC[C@@H]21. The van der Waals surface area contributed by atoms with Gasteiger partial charge in [-0.25, -0.2) is 4.79 Å². The highest BCUT2D eigenvalue weighted by atomic mass is 16.4. The van der Waals surface area contributed by atoms with Crippen molar-refractivity contribution in [2.24, 2.45) is 0 Å². The fraction of sp³-hybridized carbons (Fsp3) is 0.889. The number of carboxylic acid groups (broad SMARTS) is 1. The van der Waals surface area contributed by atoms with Gasteiger partial charge in [0.1, 0.15) is 0 Å². The minimum absolute atomic E-state index is 0.0370. The highest BCUT2D eigenvalue weighted by molar-refractivity contribution is 5.65. The van der Waals surface area contributed by atoms with Crippen LogP contribution in [-0.4, -0.2) is 52.5 Å². The molecule has 1 amide bonds. The topological polar surface area (TPSA) is 72.8 Å². The van der Waals surface area contributed by atoms with Crippen molar-refractivity contribution in [2.75, 3.05) is 13.1 Å². The first-order valence-corrected chi connectivity index (χ1v) is 5.11. The fourth-order valence-electron chi connectivity index (χ4n) is 2.53. The molecule has 1 heterocycles. The molecule has 0 spiro atoms. The summed E-state index contributed by atoms with van der Waals surface area (Å²) in [6, 6.07) is -0.0985. The lowest BCUT2D eigenvalue weighted by Gasteiger charge is -2.45. The number of piperazine rings is 1. The molecule has 3 N–H and O–H groups in total. The molecule has 0 bridgehead atoms. The average Bonchev–Trinajstić information content (AvgIpc) is 2.17. The van der Waals surface area contributed by atoms with E-state index in [1.54, 1.807) is 0 Å². The van der Waals surface area contributed by atoms with Gasteiger partial charge in [0.05, 0.1) is 18.2 Å². The summed E-state index contributed by atoms with van der Waals surface area (Å²) in [6.45, 7) is 1.17. The molecule has 0 aromatic heterocycles.